The second-order valence-electron chi connectivity index (χ2n) is 3.58. The quantitative estimate of drug-likeness (QED) is 0.625. The zero-order chi connectivity index (χ0) is 12.8. The third-order valence-corrected chi connectivity index (χ3v) is 2.87. The van der Waals surface area contributed by atoms with Gasteiger partial charge in [-0.05, 0) is 23.1 Å². The van der Waals surface area contributed by atoms with E-state index in [4.69, 9.17) is 0 Å². The smallest absolute Gasteiger partial charge is 0.243 e. The molecule has 0 atom stereocenters. The molecule has 0 fully saturated rings. The molecular formula is C11H13N5OS. The molecule has 0 saturated carbocycles. The topological polar surface area (TPSA) is 72.7 Å². The lowest BCUT2D eigenvalue weighted by molar-refractivity contribution is -0.122. The Balaban J connectivity index is 1.90. The third-order valence-electron chi connectivity index (χ3n) is 2.19. The van der Waals surface area contributed by atoms with Crippen molar-refractivity contribution >= 4 is 17.2 Å². The van der Waals surface area contributed by atoms with Crippen molar-refractivity contribution in [1.82, 2.24) is 25.5 Å². The normalized spacial score (nSPS) is 10.2. The van der Waals surface area contributed by atoms with E-state index in [1.54, 1.807) is 17.4 Å². The van der Waals surface area contributed by atoms with Crippen molar-refractivity contribution in [3.05, 3.63) is 29.5 Å². The number of nitrogens with one attached hydrogen (secondary N) is 1. The van der Waals surface area contributed by atoms with E-state index in [1.807, 2.05) is 16.8 Å². The van der Waals surface area contributed by atoms with Gasteiger partial charge in [0.15, 0.2) is 0 Å². The summed E-state index contributed by atoms with van der Waals surface area (Å²) in [6.45, 7) is 4.24. The number of tetrazole rings is 1. The molecule has 0 aliphatic carbocycles. The van der Waals surface area contributed by atoms with Gasteiger partial charge in [0.1, 0.15) is 6.54 Å². The molecule has 0 unspecified atom stereocenters. The molecule has 2 rings (SSSR count). The van der Waals surface area contributed by atoms with Crippen LogP contribution in [0.5, 0.6) is 0 Å². The van der Waals surface area contributed by atoms with E-state index in [2.05, 4.69) is 27.3 Å². The zero-order valence-electron chi connectivity index (χ0n) is 9.74. The predicted octanol–water partition coefficient (Wildman–Crippen LogP) is 1.09. The van der Waals surface area contributed by atoms with Crippen molar-refractivity contribution in [2.45, 2.75) is 13.0 Å². The fraction of sp³-hybridized carbons (Fsp3) is 0.273. The van der Waals surface area contributed by atoms with E-state index in [0.717, 1.165) is 12.0 Å². The minimum absolute atomic E-state index is 0.0777. The predicted molar refractivity (Wildman–Crippen MR) is 69.0 cm³/mol. The second kappa shape index (κ2) is 6.06. The van der Waals surface area contributed by atoms with Gasteiger partial charge in [0.25, 0.3) is 0 Å². The molecule has 7 heteroatoms. The van der Waals surface area contributed by atoms with Crippen molar-refractivity contribution in [3.63, 3.8) is 0 Å². The first kappa shape index (κ1) is 12.4. The first-order chi connectivity index (χ1) is 8.79. The molecule has 0 aromatic carbocycles. The summed E-state index contributed by atoms with van der Waals surface area (Å²) in [6, 6.07) is 1.91. The largest absolute Gasteiger partial charge is 0.354 e. The van der Waals surface area contributed by atoms with Crippen molar-refractivity contribution in [2.24, 2.45) is 0 Å². The third kappa shape index (κ3) is 3.24. The SMILES string of the molecule is C=CCCNC(=O)Cn1nnc(-c2ccsc2)n1. The number of carbonyl (C=O) groups is 1. The van der Waals surface area contributed by atoms with Crippen LogP contribution in [0.2, 0.25) is 0 Å². The lowest BCUT2D eigenvalue weighted by atomic mass is 10.3. The molecule has 2 aromatic rings. The van der Waals surface area contributed by atoms with E-state index in [-0.39, 0.29) is 12.5 Å². The average Bonchev–Trinajstić information content (AvgIpc) is 2.98. The van der Waals surface area contributed by atoms with E-state index < -0.39 is 0 Å². The highest BCUT2D eigenvalue weighted by Crippen LogP contribution is 2.16. The molecule has 0 aliphatic rings. The fourth-order valence-electron chi connectivity index (χ4n) is 1.32. The van der Waals surface area contributed by atoms with Gasteiger partial charge in [-0.25, -0.2) is 0 Å². The molecule has 0 saturated heterocycles. The molecule has 6 nitrogen and oxygen atoms in total. The molecule has 0 aliphatic heterocycles. The summed E-state index contributed by atoms with van der Waals surface area (Å²) in [7, 11) is 0. The maximum Gasteiger partial charge on any atom is 0.243 e. The standard InChI is InChI=1S/C11H13N5OS/c1-2-3-5-12-10(17)7-16-14-11(13-15-16)9-4-6-18-8-9/h2,4,6,8H,1,3,5,7H2,(H,12,17). The van der Waals surface area contributed by atoms with Gasteiger partial charge in [0.05, 0.1) is 0 Å². The Hall–Kier alpha value is -2.02. The van der Waals surface area contributed by atoms with Gasteiger partial charge in [0, 0.05) is 17.5 Å². The molecule has 94 valence electrons. The Labute approximate surface area is 108 Å². The van der Waals surface area contributed by atoms with Crippen LogP contribution < -0.4 is 5.32 Å². The molecule has 0 radical (unpaired) electrons. The summed E-state index contributed by atoms with van der Waals surface area (Å²) in [5, 5.41) is 18.5. The number of thiophene rings is 1. The fourth-order valence-corrected chi connectivity index (χ4v) is 1.95. The molecule has 2 aromatic heterocycles. The Kier molecular flexibility index (Phi) is 4.19. The van der Waals surface area contributed by atoms with Gasteiger partial charge < -0.3 is 5.32 Å². The van der Waals surface area contributed by atoms with Gasteiger partial charge in [-0.3, -0.25) is 4.79 Å². The monoisotopic (exact) mass is 263 g/mol. The Morgan fingerprint density at radius 3 is 3.22 bits per heavy atom. The van der Waals surface area contributed by atoms with Gasteiger partial charge in [-0.2, -0.15) is 16.1 Å². The van der Waals surface area contributed by atoms with E-state index in [0.29, 0.717) is 12.4 Å². The van der Waals surface area contributed by atoms with Crippen LogP contribution in [0.1, 0.15) is 6.42 Å². The number of carbonyl (C=O) groups excluding carboxylic acids is 1. The summed E-state index contributed by atoms with van der Waals surface area (Å²) in [6.07, 6.45) is 2.50. The molecule has 2 heterocycles. The Morgan fingerprint density at radius 2 is 2.50 bits per heavy atom. The summed E-state index contributed by atoms with van der Waals surface area (Å²) >= 11 is 1.57. The van der Waals surface area contributed by atoms with Gasteiger partial charge >= 0.3 is 0 Å². The van der Waals surface area contributed by atoms with Gasteiger partial charge in [-0.15, -0.1) is 16.8 Å². The first-order valence-corrected chi connectivity index (χ1v) is 6.42. The summed E-state index contributed by atoms with van der Waals surface area (Å²) in [5.74, 6) is 0.404. The van der Waals surface area contributed by atoms with E-state index in [1.165, 1.54) is 4.80 Å². The van der Waals surface area contributed by atoms with Crippen LogP contribution in [0.25, 0.3) is 11.4 Å². The second-order valence-corrected chi connectivity index (χ2v) is 4.36. The molecular weight excluding hydrogens is 250 g/mol. The Morgan fingerprint density at radius 1 is 1.61 bits per heavy atom. The minimum atomic E-state index is -0.133. The summed E-state index contributed by atoms with van der Waals surface area (Å²) < 4.78 is 0. The lowest BCUT2D eigenvalue weighted by Crippen LogP contribution is -2.29. The maximum absolute atomic E-state index is 11.5. The number of hydrogen-bond acceptors (Lipinski definition) is 5. The molecule has 18 heavy (non-hydrogen) atoms. The maximum atomic E-state index is 11.5. The number of rotatable bonds is 6. The van der Waals surface area contributed by atoms with Gasteiger partial charge in [-0.1, -0.05) is 6.08 Å². The van der Waals surface area contributed by atoms with Crippen LogP contribution in [0.3, 0.4) is 0 Å². The van der Waals surface area contributed by atoms with Crippen LogP contribution in [-0.4, -0.2) is 32.7 Å². The zero-order valence-corrected chi connectivity index (χ0v) is 10.6. The number of aromatic nitrogens is 4. The van der Waals surface area contributed by atoms with Crippen molar-refractivity contribution in [3.8, 4) is 11.4 Å². The van der Waals surface area contributed by atoms with Crippen LogP contribution in [0, 0.1) is 0 Å². The number of amides is 1. The van der Waals surface area contributed by atoms with Crippen LogP contribution in [0.15, 0.2) is 29.5 Å². The van der Waals surface area contributed by atoms with Crippen molar-refractivity contribution < 1.29 is 4.79 Å². The lowest BCUT2D eigenvalue weighted by Gasteiger charge is -2.01. The summed E-state index contributed by atoms with van der Waals surface area (Å²) in [4.78, 5) is 12.8. The first-order valence-electron chi connectivity index (χ1n) is 5.47. The molecule has 1 N–H and O–H groups in total. The number of nitrogens with zero attached hydrogens (tertiary/aromatic N) is 4. The Bertz CT molecular complexity index is 519. The van der Waals surface area contributed by atoms with Gasteiger partial charge in [0.2, 0.25) is 11.7 Å². The van der Waals surface area contributed by atoms with E-state index in [9.17, 15) is 4.79 Å². The van der Waals surface area contributed by atoms with Crippen molar-refractivity contribution in [2.75, 3.05) is 6.54 Å². The summed E-state index contributed by atoms with van der Waals surface area (Å²) in [5.41, 5.74) is 0.915. The number of hydrogen-bond donors (Lipinski definition) is 1. The highest BCUT2D eigenvalue weighted by atomic mass is 32.1. The molecule has 0 spiro atoms. The van der Waals surface area contributed by atoms with Crippen LogP contribution >= 0.6 is 11.3 Å². The highest BCUT2D eigenvalue weighted by Gasteiger charge is 2.08. The minimum Gasteiger partial charge on any atom is -0.354 e. The van der Waals surface area contributed by atoms with Crippen molar-refractivity contribution in [1.29, 1.82) is 0 Å². The highest BCUT2D eigenvalue weighted by molar-refractivity contribution is 7.08. The van der Waals surface area contributed by atoms with Crippen LogP contribution in [0.4, 0.5) is 0 Å². The van der Waals surface area contributed by atoms with Crippen LogP contribution in [-0.2, 0) is 11.3 Å². The van der Waals surface area contributed by atoms with E-state index >= 15 is 0 Å². The average molecular weight is 263 g/mol. The molecule has 0 bridgehead atoms. The molecule has 1 amide bonds.